The first kappa shape index (κ1) is 13.4. The summed E-state index contributed by atoms with van der Waals surface area (Å²) in [5, 5.41) is 19.0. The predicted molar refractivity (Wildman–Crippen MR) is 77.3 cm³/mol. The molecule has 0 aliphatic rings. The van der Waals surface area contributed by atoms with E-state index in [9.17, 15) is 15.0 Å². The molecule has 0 heterocycles. The van der Waals surface area contributed by atoms with Crippen LogP contribution in [-0.2, 0) is 0 Å². The van der Waals surface area contributed by atoms with Crippen LogP contribution in [0.5, 0.6) is 11.5 Å². The van der Waals surface area contributed by atoms with Crippen LogP contribution in [0, 0.1) is 0 Å². The maximum Gasteiger partial charge on any atom is 0.185 e. The number of carbonyl (C=O) groups is 1. The van der Waals surface area contributed by atoms with Crippen molar-refractivity contribution in [2.24, 2.45) is 0 Å². The lowest BCUT2D eigenvalue weighted by molar-refractivity contribution is 0.104. The minimum absolute atomic E-state index is 0.0518. The number of rotatable bonds is 3. The van der Waals surface area contributed by atoms with Crippen LogP contribution in [0.3, 0.4) is 0 Å². The first-order valence-corrected chi connectivity index (χ1v) is 6.36. The molecule has 3 nitrogen and oxygen atoms in total. The van der Waals surface area contributed by atoms with Crippen LogP contribution in [0.2, 0.25) is 0 Å². The third kappa shape index (κ3) is 3.23. The fourth-order valence-electron chi connectivity index (χ4n) is 1.56. The lowest BCUT2D eigenvalue weighted by atomic mass is 10.1. The molecule has 96 valence electrons. The molecule has 0 atom stereocenters. The molecule has 0 bridgehead atoms. The van der Waals surface area contributed by atoms with Gasteiger partial charge in [-0.2, -0.15) is 0 Å². The molecule has 2 aromatic rings. The molecule has 0 unspecified atom stereocenters. The highest BCUT2D eigenvalue weighted by Gasteiger charge is 2.05. The van der Waals surface area contributed by atoms with Gasteiger partial charge in [-0.1, -0.05) is 30.3 Å². The van der Waals surface area contributed by atoms with Gasteiger partial charge in [0.25, 0.3) is 0 Å². The summed E-state index contributed by atoms with van der Waals surface area (Å²) in [6.07, 6.45) is 2.89. The second-order valence-electron chi connectivity index (χ2n) is 3.93. The van der Waals surface area contributed by atoms with E-state index in [-0.39, 0.29) is 17.3 Å². The summed E-state index contributed by atoms with van der Waals surface area (Å²) in [4.78, 5) is 11.9. The van der Waals surface area contributed by atoms with Gasteiger partial charge in [-0.05, 0) is 34.1 Å². The van der Waals surface area contributed by atoms with E-state index in [0.29, 0.717) is 15.6 Å². The Labute approximate surface area is 119 Å². The molecule has 0 aromatic heterocycles. The lowest BCUT2D eigenvalue weighted by Gasteiger charge is -2.02. The van der Waals surface area contributed by atoms with Gasteiger partial charge in [-0.25, -0.2) is 0 Å². The summed E-state index contributed by atoms with van der Waals surface area (Å²) in [5.41, 5.74) is 1.03. The average Bonchev–Trinajstić information content (AvgIpc) is 2.42. The van der Waals surface area contributed by atoms with Crippen molar-refractivity contribution in [1.29, 1.82) is 0 Å². The molecule has 0 fully saturated rings. The fourth-order valence-corrected chi connectivity index (χ4v) is 1.92. The number of halogens is 1. The van der Waals surface area contributed by atoms with Gasteiger partial charge in [0, 0.05) is 17.2 Å². The summed E-state index contributed by atoms with van der Waals surface area (Å²) in [5.74, 6) is -0.286. The molecule has 2 aromatic carbocycles. The van der Waals surface area contributed by atoms with Crippen LogP contribution in [0.25, 0.3) is 6.08 Å². The highest BCUT2D eigenvalue weighted by molar-refractivity contribution is 9.10. The number of hydrogen-bond acceptors (Lipinski definition) is 3. The molecule has 0 radical (unpaired) electrons. The maximum atomic E-state index is 11.9. The molecule has 0 amide bonds. The Kier molecular flexibility index (Phi) is 4.02. The zero-order valence-electron chi connectivity index (χ0n) is 9.88. The Morgan fingerprint density at radius 1 is 1.05 bits per heavy atom. The molecular weight excluding hydrogens is 308 g/mol. The number of phenols is 2. The van der Waals surface area contributed by atoms with Crippen LogP contribution in [0.15, 0.2) is 53.0 Å². The number of ketones is 1. The second-order valence-corrected chi connectivity index (χ2v) is 4.78. The molecule has 0 saturated carbocycles. The quantitative estimate of drug-likeness (QED) is 0.669. The average molecular weight is 319 g/mol. The van der Waals surface area contributed by atoms with Crippen molar-refractivity contribution in [1.82, 2.24) is 0 Å². The van der Waals surface area contributed by atoms with E-state index >= 15 is 0 Å². The van der Waals surface area contributed by atoms with E-state index in [2.05, 4.69) is 15.9 Å². The summed E-state index contributed by atoms with van der Waals surface area (Å²) in [7, 11) is 0. The summed E-state index contributed by atoms with van der Waals surface area (Å²) in [6, 6.07) is 11.6. The van der Waals surface area contributed by atoms with E-state index in [1.54, 1.807) is 30.3 Å². The van der Waals surface area contributed by atoms with Crippen molar-refractivity contribution in [3.8, 4) is 11.5 Å². The molecule has 2 N–H and O–H groups in total. The minimum Gasteiger partial charge on any atom is -0.507 e. The Morgan fingerprint density at radius 2 is 1.74 bits per heavy atom. The highest BCUT2D eigenvalue weighted by atomic mass is 79.9. The molecule has 4 heteroatoms. The van der Waals surface area contributed by atoms with E-state index < -0.39 is 0 Å². The number of carbonyl (C=O) groups excluding carboxylic acids is 1. The minimum atomic E-state index is -0.149. The van der Waals surface area contributed by atoms with Crippen molar-refractivity contribution in [3.63, 3.8) is 0 Å². The smallest absolute Gasteiger partial charge is 0.185 e. The van der Waals surface area contributed by atoms with Crippen molar-refractivity contribution >= 4 is 27.8 Å². The lowest BCUT2D eigenvalue weighted by Crippen LogP contribution is -1.92. The zero-order chi connectivity index (χ0) is 13.8. The second kappa shape index (κ2) is 5.71. The molecular formula is C15H11BrO3. The Hall–Kier alpha value is -2.07. The molecule has 0 spiro atoms. The van der Waals surface area contributed by atoms with Gasteiger partial charge in [0.2, 0.25) is 0 Å². The third-order valence-corrected chi connectivity index (χ3v) is 3.20. The molecule has 19 heavy (non-hydrogen) atoms. The van der Waals surface area contributed by atoms with Crippen LogP contribution < -0.4 is 0 Å². The van der Waals surface area contributed by atoms with Gasteiger partial charge in [0.15, 0.2) is 5.78 Å². The highest BCUT2D eigenvalue weighted by Crippen LogP contribution is 2.31. The standard InChI is InChI=1S/C15H11BrO3/c16-12-8-11(14(18)9-15(12)19)6-7-13(17)10-4-2-1-3-5-10/h1-9,18-19H. The normalized spacial score (nSPS) is 10.8. The first-order chi connectivity index (χ1) is 9.08. The van der Waals surface area contributed by atoms with Gasteiger partial charge >= 0.3 is 0 Å². The van der Waals surface area contributed by atoms with Gasteiger partial charge in [0.1, 0.15) is 11.5 Å². The van der Waals surface area contributed by atoms with Gasteiger partial charge in [-0.3, -0.25) is 4.79 Å². The topological polar surface area (TPSA) is 57.5 Å². The van der Waals surface area contributed by atoms with Gasteiger partial charge in [-0.15, -0.1) is 0 Å². The van der Waals surface area contributed by atoms with Crippen LogP contribution in [0.1, 0.15) is 15.9 Å². The SMILES string of the molecule is O=C(C=Cc1cc(Br)c(O)cc1O)c1ccccc1. The molecule has 0 aliphatic carbocycles. The summed E-state index contributed by atoms with van der Waals surface area (Å²) < 4.78 is 0.456. The molecule has 2 rings (SSSR count). The van der Waals surface area contributed by atoms with Gasteiger partial charge < -0.3 is 10.2 Å². The van der Waals surface area contributed by atoms with Crippen LogP contribution in [-0.4, -0.2) is 16.0 Å². The number of benzene rings is 2. The number of aromatic hydroxyl groups is 2. The van der Waals surface area contributed by atoms with Crippen LogP contribution in [0.4, 0.5) is 0 Å². The zero-order valence-corrected chi connectivity index (χ0v) is 11.5. The first-order valence-electron chi connectivity index (χ1n) is 5.57. The largest absolute Gasteiger partial charge is 0.507 e. The Bertz CT molecular complexity index is 633. The van der Waals surface area contributed by atoms with E-state index in [1.807, 2.05) is 6.07 Å². The van der Waals surface area contributed by atoms with E-state index in [4.69, 9.17) is 0 Å². The van der Waals surface area contributed by atoms with Crippen molar-refractivity contribution in [3.05, 3.63) is 64.1 Å². The fraction of sp³-hybridized carbons (Fsp3) is 0. The predicted octanol–water partition coefficient (Wildman–Crippen LogP) is 3.76. The Balaban J connectivity index is 2.24. The molecule has 0 aliphatic heterocycles. The monoisotopic (exact) mass is 318 g/mol. The number of allylic oxidation sites excluding steroid dienone is 1. The van der Waals surface area contributed by atoms with Crippen molar-refractivity contribution in [2.45, 2.75) is 0 Å². The summed E-state index contributed by atoms with van der Waals surface area (Å²) >= 11 is 3.15. The van der Waals surface area contributed by atoms with E-state index in [1.165, 1.54) is 18.2 Å². The number of phenolic OH excluding ortho intramolecular Hbond substituents is 2. The van der Waals surface area contributed by atoms with Gasteiger partial charge in [0.05, 0.1) is 4.47 Å². The van der Waals surface area contributed by atoms with E-state index in [0.717, 1.165) is 0 Å². The Morgan fingerprint density at radius 3 is 2.42 bits per heavy atom. The molecule has 0 saturated heterocycles. The van der Waals surface area contributed by atoms with Crippen molar-refractivity contribution < 1.29 is 15.0 Å². The third-order valence-electron chi connectivity index (χ3n) is 2.57. The number of hydrogen-bond donors (Lipinski definition) is 2. The maximum absolute atomic E-state index is 11.9. The van der Waals surface area contributed by atoms with Crippen molar-refractivity contribution in [2.75, 3.05) is 0 Å². The van der Waals surface area contributed by atoms with Crippen LogP contribution >= 0.6 is 15.9 Å². The summed E-state index contributed by atoms with van der Waals surface area (Å²) in [6.45, 7) is 0.